The minimum absolute atomic E-state index is 0.237. The lowest BCUT2D eigenvalue weighted by molar-refractivity contribution is -0.0241. The SMILES string of the molecule is OC[C@H]1OC(c2cnc3c(Cl)nccn23)[C@H](O)[C@@H]1O. The van der Waals surface area contributed by atoms with Crippen molar-refractivity contribution in [1.29, 1.82) is 0 Å². The Morgan fingerprint density at radius 3 is 2.79 bits per heavy atom. The van der Waals surface area contributed by atoms with Crippen molar-refractivity contribution in [3.05, 3.63) is 29.4 Å². The number of hydrogen-bond donors (Lipinski definition) is 3. The number of aliphatic hydroxyl groups is 3. The minimum Gasteiger partial charge on any atom is -0.394 e. The Morgan fingerprint density at radius 2 is 2.11 bits per heavy atom. The number of aliphatic hydroxyl groups excluding tert-OH is 3. The van der Waals surface area contributed by atoms with Crippen LogP contribution in [0.2, 0.25) is 5.15 Å². The molecule has 1 unspecified atom stereocenters. The van der Waals surface area contributed by atoms with Crippen LogP contribution in [-0.4, -0.2) is 54.6 Å². The van der Waals surface area contributed by atoms with Crippen molar-refractivity contribution in [3.8, 4) is 0 Å². The highest BCUT2D eigenvalue weighted by Crippen LogP contribution is 2.34. The van der Waals surface area contributed by atoms with Gasteiger partial charge in [0.1, 0.15) is 24.4 Å². The van der Waals surface area contributed by atoms with Crippen molar-refractivity contribution in [2.45, 2.75) is 24.4 Å². The van der Waals surface area contributed by atoms with Gasteiger partial charge < -0.3 is 20.1 Å². The van der Waals surface area contributed by atoms with Crippen LogP contribution in [0, 0.1) is 0 Å². The van der Waals surface area contributed by atoms with Crippen LogP contribution < -0.4 is 0 Å². The maximum Gasteiger partial charge on any atom is 0.175 e. The smallest absolute Gasteiger partial charge is 0.175 e. The summed E-state index contributed by atoms with van der Waals surface area (Å²) in [6.07, 6.45) is 0.772. The Morgan fingerprint density at radius 1 is 1.32 bits per heavy atom. The van der Waals surface area contributed by atoms with Crippen molar-refractivity contribution in [2.24, 2.45) is 0 Å². The second-order valence-electron chi connectivity index (χ2n) is 4.35. The molecule has 7 nitrogen and oxygen atoms in total. The van der Waals surface area contributed by atoms with Crippen molar-refractivity contribution >= 4 is 17.2 Å². The molecule has 1 aliphatic rings. The summed E-state index contributed by atoms with van der Waals surface area (Å²) in [5.74, 6) is 0. The van der Waals surface area contributed by atoms with Gasteiger partial charge in [0.05, 0.1) is 18.5 Å². The Bertz CT molecular complexity index is 605. The van der Waals surface area contributed by atoms with E-state index in [9.17, 15) is 10.2 Å². The number of fused-ring (bicyclic) bond motifs is 1. The lowest BCUT2D eigenvalue weighted by Gasteiger charge is -2.14. The molecule has 3 heterocycles. The molecule has 1 saturated heterocycles. The molecule has 1 fully saturated rings. The van der Waals surface area contributed by atoms with E-state index in [1.54, 1.807) is 10.6 Å². The highest BCUT2D eigenvalue weighted by molar-refractivity contribution is 6.32. The number of ether oxygens (including phenoxy) is 1. The molecule has 4 atom stereocenters. The molecule has 8 heteroatoms. The normalized spacial score (nSPS) is 31.2. The first-order valence-corrected chi connectivity index (χ1v) is 6.11. The average Bonchev–Trinajstić information content (AvgIpc) is 2.94. The number of hydrogen-bond acceptors (Lipinski definition) is 6. The van der Waals surface area contributed by atoms with E-state index in [2.05, 4.69) is 9.97 Å². The summed E-state index contributed by atoms with van der Waals surface area (Å²) in [6, 6.07) is 0. The molecule has 102 valence electrons. The van der Waals surface area contributed by atoms with Crippen LogP contribution in [0.15, 0.2) is 18.6 Å². The van der Waals surface area contributed by atoms with Gasteiger partial charge in [-0.05, 0) is 0 Å². The van der Waals surface area contributed by atoms with Gasteiger partial charge in [-0.2, -0.15) is 0 Å². The maximum absolute atomic E-state index is 9.98. The number of imidazole rings is 1. The molecular formula is C11H12ClN3O4. The number of halogens is 1. The first kappa shape index (κ1) is 12.8. The zero-order chi connectivity index (χ0) is 13.6. The molecule has 19 heavy (non-hydrogen) atoms. The van der Waals surface area contributed by atoms with Gasteiger partial charge in [-0.15, -0.1) is 0 Å². The number of aromatic nitrogens is 3. The largest absolute Gasteiger partial charge is 0.394 e. The fourth-order valence-corrected chi connectivity index (χ4v) is 2.46. The fourth-order valence-electron chi connectivity index (χ4n) is 2.26. The Kier molecular flexibility index (Phi) is 3.15. The molecule has 0 saturated carbocycles. The number of rotatable bonds is 2. The van der Waals surface area contributed by atoms with E-state index in [1.807, 2.05) is 0 Å². The predicted molar refractivity (Wildman–Crippen MR) is 64.7 cm³/mol. The van der Waals surface area contributed by atoms with E-state index >= 15 is 0 Å². The van der Waals surface area contributed by atoms with Crippen molar-refractivity contribution in [1.82, 2.24) is 14.4 Å². The molecule has 0 spiro atoms. The number of nitrogens with zero attached hydrogens (tertiary/aromatic N) is 3. The summed E-state index contributed by atoms with van der Waals surface area (Å²) in [6.45, 7) is -0.367. The monoisotopic (exact) mass is 285 g/mol. The van der Waals surface area contributed by atoms with Crippen LogP contribution in [0.5, 0.6) is 0 Å². The maximum atomic E-state index is 9.98. The third-order valence-corrected chi connectivity index (χ3v) is 3.51. The molecule has 0 radical (unpaired) electrons. The van der Waals surface area contributed by atoms with Crippen molar-refractivity contribution in [2.75, 3.05) is 6.61 Å². The highest BCUT2D eigenvalue weighted by Gasteiger charge is 2.44. The quantitative estimate of drug-likeness (QED) is 0.690. The van der Waals surface area contributed by atoms with Gasteiger partial charge in [0, 0.05) is 12.4 Å². The Hall–Kier alpha value is -1.25. The van der Waals surface area contributed by atoms with Crippen molar-refractivity contribution in [3.63, 3.8) is 0 Å². The molecule has 3 N–H and O–H groups in total. The molecule has 2 aromatic rings. The second-order valence-corrected chi connectivity index (χ2v) is 4.71. The van der Waals surface area contributed by atoms with Crippen LogP contribution in [-0.2, 0) is 4.74 Å². The minimum atomic E-state index is -1.14. The summed E-state index contributed by atoms with van der Waals surface area (Å²) >= 11 is 5.91. The lowest BCUT2D eigenvalue weighted by atomic mass is 10.1. The first-order chi connectivity index (χ1) is 9.13. The molecular weight excluding hydrogens is 274 g/mol. The first-order valence-electron chi connectivity index (χ1n) is 5.73. The lowest BCUT2D eigenvalue weighted by Crippen LogP contribution is -2.32. The average molecular weight is 286 g/mol. The summed E-state index contributed by atoms with van der Waals surface area (Å²) in [5.41, 5.74) is 0.985. The van der Waals surface area contributed by atoms with E-state index in [0.29, 0.717) is 11.3 Å². The Balaban J connectivity index is 2.04. The van der Waals surface area contributed by atoms with Gasteiger partial charge >= 0.3 is 0 Å². The predicted octanol–water partition coefficient (Wildman–Crippen LogP) is -0.463. The van der Waals surface area contributed by atoms with Gasteiger partial charge in [0.15, 0.2) is 10.8 Å². The Labute approximate surface area is 113 Å². The zero-order valence-electron chi connectivity index (χ0n) is 9.72. The van der Waals surface area contributed by atoms with Gasteiger partial charge in [-0.3, -0.25) is 4.40 Å². The molecule has 3 rings (SSSR count). The van der Waals surface area contributed by atoms with Crippen LogP contribution in [0.1, 0.15) is 11.8 Å². The highest BCUT2D eigenvalue weighted by atomic mass is 35.5. The summed E-state index contributed by atoms with van der Waals surface area (Å²) in [4.78, 5) is 8.01. The molecule has 2 aromatic heterocycles. The summed E-state index contributed by atoms with van der Waals surface area (Å²) in [5, 5.41) is 29.0. The topological polar surface area (TPSA) is 100 Å². The van der Waals surface area contributed by atoms with Crippen LogP contribution in [0.25, 0.3) is 5.65 Å². The third kappa shape index (κ3) is 1.90. The van der Waals surface area contributed by atoms with Gasteiger partial charge in [-0.25, -0.2) is 9.97 Å². The molecule has 0 bridgehead atoms. The van der Waals surface area contributed by atoms with Crippen LogP contribution in [0.3, 0.4) is 0 Å². The summed E-state index contributed by atoms with van der Waals surface area (Å²) in [7, 11) is 0. The second kappa shape index (κ2) is 4.69. The zero-order valence-corrected chi connectivity index (χ0v) is 10.5. The van der Waals surface area contributed by atoms with Crippen LogP contribution >= 0.6 is 11.6 Å². The van der Waals surface area contributed by atoms with E-state index in [1.165, 1.54) is 12.4 Å². The van der Waals surface area contributed by atoms with E-state index < -0.39 is 24.4 Å². The molecule has 0 aromatic carbocycles. The van der Waals surface area contributed by atoms with Gasteiger partial charge in [0.2, 0.25) is 0 Å². The molecule has 1 aliphatic heterocycles. The molecule has 0 amide bonds. The fraction of sp³-hybridized carbons (Fsp3) is 0.455. The van der Waals surface area contributed by atoms with Crippen molar-refractivity contribution < 1.29 is 20.1 Å². The van der Waals surface area contributed by atoms with E-state index in [4.69, 9.17) is 21.4 Å². The third-order valence-electron chi connectivity index (χ3n) is 3.25. The van der Waals surface area contributed by atoms with Gasteiger partial charge in [0.25, 0.3) is 0 Å². The summed E-state index contributed by atoms with van der Waals surface area (Å²) < 4.78 is 7.09. The van der Waals surface area contributed by atoms with Crippen LogP contribution in [0.4, 0.5) is 0 Å². The molecule has 0 aliphatic carbocycles. The van der Waals surface area contributed by atoms with E-state index in [-0.39, 0.29) is 11.8 Å². The van der Waals surface area contributed by atoms with E-state index in [0.717, 1.165) is 0 Å². The van der Waals surface area contributed by atoms with Gasteiger partial charge in [-0.1, -0.05) is 11.6 Å². The standard InChI is InChI=1S/C11H12ClN3O4/c12-10-11-14-3-5(15(11)2-1-13-10)9-8(18)7(17)6(4-16)19-9/h1-3,6-9,16-18H,4H2/t6-,7-,8-,9?/m1/s1.